The predicted molar refractivity (Wildman–Crippen MR) is 340 cm³/mol. The van der Waals surface area contributed by atoms with Gasteiger partial charge in [-0.15, -0.1) is 0 Å². The number of rotatable bonds is 44. The molecule has 84 heavy (non-hydrogen) atoms. The Hall–Kier alpha value is -7.25. The van der Waals surface area contributed by atoms with E-state index >= 15 is 0 Å². The molecule has 0 saturated heterocycles. The van der Waals surface area contributed by atoms with Crippen molar-refractivity contribution in [3.8, 4) is 68.6 Å². The van der Waals surface area contributed by atoms with Gasteiger partial charge in [-0.1, -0.05) is 204 Å². The van der Waals surface area contributed by atoms with Crippen LogP contribution in [0.1, 0.15) is 220 Å². The van der Waals surface area contributed by atoms with E-state index in [9.17, 15) is 9.59 Å². The van der Waals surface area contributed by atoms with Crippen molar-refractivity contribution in [2.45, 2.75) is 194 Å². The minimum Gasteiger partial charge on any atom is -0.494 e. The quantitative estimate of drug-likeness (QED) is 0.0208. The van der Waals surface area contributed by atoms with Crippen LogP contribution >= 0.6 is 0 Å². The van der Waals surface area contributed by atoms with Crippen LogP contribution in [-0.4, -0.2) is 45.0 Å². The summed E-state index contributed by atoms with van der Waals surface area (Å²) < 4.78 is 43.2. The number of hydrogen-bond donors (Lipinski definition) is 0. The number of carbonyl (C=O) groups excluding carboxylic acids is 2. The smallest absolute Gasteiger partial charge is 0.343 e. The van der Waals surface area contributed by atoms with E-state index in [-0.39, 0.29) is 0 Å². The van der Waals surface area contributed by atoms with Crippen molar-refractivity contribution >= 4 is 11.9 Å². The summed E-state index contributed by atoms with van der Waals surface area (Å²) in [5, 5.41) is 9.05. The SMILES string of the molecule is CCCCCCCCCCOc1cc(C(=O)Oc2ccc(-c3ccc(OC(=O)c4ccc(OCCCCCOc5ccc(-c6ccc(C#N)cc6)cc5)cc4)cc3)cc2)cc(OCCCCCCCCCC)c1OCCCCCCCCCC. The van der Waals surface area contributed by atoms with E-state index < -0.39 is 11.9 Å². The average molecular weight is 1140 g/mol. The zero-order chi connectivity index (χ0) is 59.1. The van der Waals surface area contributed by atoms with E-state index in [1.165, 1.54) is 116 Å². The van der Waals surface area contributed by atoms with Crippen LogP contribution in [0, 0.1) is 11.3 Å². The van der Waals surface area contributed by atoms with Crippen molar-refractivity contribution in [2.75, 3.05) is 33.0 Å². The third-order valence-corrected chi connectivity index (χ3v) is 15.1. The Morgan fingerprint density at radius 2 is 0.607 bits per heavy atom. The first-order valence-electron chi connectivity index (χ1n) is 32.0. The Morgan fingerprint density at radius 3 is 0.976 bits per heavy atom. The summed E-state index contributed by atoms with van der Waals surface area (Å²) in [5.74, 6) is 2.99. The van der Waals surface area contributed by atoms with E-state index in [1.54, 1.807) is 60.7 Å². The molecule has 6 aromatic rings. The lowest BCUT2D eigenvalue weighted by atomic mass is 10.0. The summed E-state index contributed by atoms with van der Waals surface area (Å²) in [4.78, 5) is 27.2. The maximum Gasteiger partial charge on any atom is 0.343 e. The minimum atomic E-state index is -0.505. The number of carbonyl (C=O) groups is 2. The molecule has 0 aliphatic rings. The van der Waals surface area contributed by atoms with Crippen LogP contribution in [0.4, 0.5) is 0 Å². The summed E-state index contributed by atoms with van der Waals surface area (Å²) in [6.07, 6.45) is 31.5. The third-order valence-electron chi connectivity index (χ3n) is 15.1. The Bertz CT molecular complexity index is 2740. The third kappa shape index (κ3) is 24.9. The van der Waals surface area contributed by atoms with Crippen molar-refractivity contribution in [3.63, 3.8) is 0 Å². The number of nitriles is 1. The fourth-order valence-electron chi connectivity index (χ4n) is 9.99. The van der Waals surface area contributed by atoms with Crippen molar-refractivity contribution in [3.05, 3.63) is 150 Å². The Kier molecular flexibility index (Phi) is 31.5. The molecule has 0 bridgehead atoms. The lowest BCUT2D eigenvalue weighted by Crippen LogP contribution is -2.12. The van der Waals surface area contributed by atoms with E-state index in [1.807, 2.05) is 72.8 Å². The van der Waals surface area contributed by atoms with Crippen LogP contribution in [0.3, 0.4) is 0 Å². The predicted octanol–water partition coefficient (Wildman–Crippen LogP) is 20.5. The lowest BCUT2D eigenvalue weighted by molar-refractivity contribution is 0.0724. The number of hydrogen-bond acceptors (Lipinski definition) is 10. The van der Waals surface area contributed by atoms with Gasteiger partial charge in [0.25, 0.3) is 0 Å². The summed E-state index contributed by atoms with van der Waals surface area (Å²) in [6.45, 7) is 9.52. The molecule has 0 aliphatic heterocycles. The first-order valence-corrected chi connectivity index (χ1v) is 32.0. The zero-order valence-electron chi connectivity index (χ0n) is 51.0. The molecule has 10 heteroatoms. The number of esters is 2. The van der Waals surface area contributed by atoms with Gasteiger partial charge in [-0.05, 0) is 146 Å². The topological polar surface area (TPSA) is 123 Å². The summed E-state index contributed by atoms with van der Waals surface area (Å²) in [6, 6.07) is 42.9. The highest BCUT2D eigenvalue weighted by molar-refractivity contribution is 5.93. The maximum absolute atomic E-state index is 14.0. The van der Waals surface area contributed by atoms with Gasteiger partial charge in [0.1, 0.15) is 23.0 Å². The maximum atomic E-state index is 14.0. The molecule has 450 valence electrons. The Labute approximate surface area is 503 Å². The molecular weight excluding hydrogens is 1050 g/mol. The molecular formula is C74H95NO9. The monoisotopic (exact) mass is 1140 g/mol. The normalized spacial score (nSPS) is 11.0. The number of ether oxygens (including phenoxy) is 7. The van der Waals surface area contributed by atoms with Crippen LogP contribution in [0.2, 0.25) is 0 Å². The van der Waals surface area contributed by atoms with Crippen LogP contribution in [-0.2, 0) is 0 Å². The van der Waals surface area contributed by atoms with E-state index in [4.69, 9.17) is 38.4 Å². The van der Waals surface area contributed by atoms with Crippen LogP contribution in [0.5, 0.6) is 40.2 Å². The van der Waals surface area contributed by atoms with Crippen molar-refractivity contribution in [1.82, 2.24) is 0 Å². The summed E-state index contributed by atoms with van der Waals surface area (Å²) in [5.41, 5.74) is 5.36. The van der Waals surface area contributed by atoms with E-state index in [0.717, 1.165) is 85.8 Å². The van der Waals surface area contributed by atoms with Crippen LogP contribution in [0.15, 0.2) is 133 Å². The van der Waals surface area contributed by atoms with Crippen LogP contribution in [0.25, 0.3) is 22.3 Å². The van der Waals surface area contributed by atoms with Gasteiger partial charge in [0.2, 0.25) is 5.75 Å². The molecule has 0 aliphatic carbocycles. The number of nitrogens with zero attached hydrogens (tertiary/aromatic N) is 1. The molecule has 6 rings (SSSR count). The van der Waals surface area contributed by atoms with Gasteiger partial charge in [0.05, 0.1) is 55.8 Å². The zero-order valence-corrected chi connectivity index (χ0v) is 51.0. The van der Waals surface area contributed by atoms with Gasteiger partial charge in [-0.3, -0.25) is 0 Å². The minimum absolute atomic E-state index is 0.344. The van der Waals surface area contributed by atoms with Crippen molar-refractivity contribution in [1.29, 1.82) is 5.26 Å². The first kappa shape index (κ1) is 65.9. The van der Waals surface area contributed by atoms with Crippen molar-refractivity contribution in [2.24, 2.45) is 0 Å². The van der Waals surface area contributed by atoms with Gasteiger partial charge in [-0.25, -0.2) is 9.59 Å². The van der Waals surface area contributed by atoms with Gasteiger partial charge in [0.15, 0.2) is 11.5 Å². The highest BCUT2D eigenvalue weighted by atomic mass is 16.6. The molecule has 0 aromatic heterocycles. The average Bonchev–Trinajstić information content (AvgIpc) is 3.73. The second-order valence-corrected chi connectivity index (χ2v) is 22.1. The molecule has 0 unspecified atom stereocenters. The Morgan fingerprint density at radius 1 is 0.321 bits per heavy atom. The lowest BCUT2D eigenvalue weighted by Gasteiger charge is -2.19. The van der Waals surface area contributed by atoms with E-state index in [0.29, 0.717) is 84.2 Å². The molecule has 10 nitrogen and oxygen atoms in total. The standard InChI is InChI=1S/C74H95NO9/c1-4-7-10-13-16-19-22-26-53-80-70-56-65(57-71(81-54-27-23-20-17-14-11-8-5-2)72(70)82-55-28-24-21-18-15-12-9-6-3)74(77)84-69-49-39-63(40-50-69)62-37-47-68(48-38-62)83-73(76)64-41-45-67(46-42-64)79-52-30-25-29-51-78-66-43-35-61(36-44-66)60-33-31-59(58-75)32-34-60/h31-50,56-57H,4-30,51-55H2,1-3H3. The number of benzene rings is 6. The van der Waals surface area contributed by atoms with Gasteiger partial charge < -0.3 is 33.2 Å². The van der Waals surface area contributed by atoms with Crippen LogP contribution < -0.4 is 33.2 Å². The number of unbranched alkanes of at least 4 members (excludes halogenated alkanes) is 23. The Balaban J connectivity index is 0.979. The molecule has 6 aromatic carbocycles. The second-order valence-electron chi connectivity index (χ2n) is 22.1. The van der Waals surface area contributed by atoms with Gasteiger partial charge >= 0.3 is 11.9 Å². The largest absolute Gasteiger partial charge is 0.494 e. The fourth-order valence-corrected chi connectivity index (χ4v) is 9.99. The molecule has 0 heterocycles. The summed E-state index contributed by atoms with van der Waals surface area (Å²) in [7, 11) is 0. The highest BCUT2D eigenvalue weighted by Crippen LogP contribution is 2.40. The summed E-state index contributed by atoms with van der Waals surface area (Å²) >= 11 is 0. The molecule has 0 fully saturated rings. The highest BCUT2D eigenvalue weighted by Gasteiger charge is 2.21. The van der Waals surface area contributed by atoms with Crippen molar-refractivity contribution < 1.29 is 42.7 Å². The van der Waals surface area contributed by atoms with Gasteiger partial charge in [-0.2, -0.15) is 5.26 Å². The molecule has 0 amide bonds. The molecule has 0 saturated carbocycles. The second kappa shape index (κ2) is 40.1. The molecule has 0 atom stereocenters. The fraction of sp³-hybridized carbons (Fsp3) is 0.473. The molecule has 0 spiro atoms. The first-order chi connectivity index (χ1) is 41.4. The molecule has 0 radical (unpaired) electrons. The van der Waals surface area contributed by atoms with Gasteiger partial charge in [0, 0.05) is 0 Å². The molecule has 0 N–H and O–H groups in total. The van der Waals surface area contributed by atoms with E-state index in [2.05, 4.69) is 26.8 Å².